The molecule has 3 N–H and O–H groups in total. The summed E-state index contributed by atoms with van der Waals surface area (Å²) in [5.74, 6) is 1.59. The highest BCUT2D eigenvalue weighted by Gasteiger charge is 2.25. The fourth-order valence-corrected chi connectivity index (χ4v) is 4.86. The van der Waals surface area contributed by atoms with Crippen LogP contribution in [-0.4, -0.2) is 32.1 Å². The van der Waals surface area contributed by atoms with Gasteiger partial charge < -0.3 is 20.5 Å². The maximum absolute atomic E-state index is 13.7. The molecule has 2 aromatic carbocycles. The van der Waals surface area contributed by atoms with Crippen molar-refractivity contribution in [2.45, 2.75) is 63.7 Å². The molecule has 1 aliphatic carbocycles. The molecular weight excluding hydrogens is 447 g/mol. The monoisotopic (exact) mass is 484 g/mol. The van der Waals surface area contributed by atoms with Gasteiger partial charge in [0.1, 0.15) is 5.75 Å². The van der Waals surface area contributed by atoms with E-state index in [-0.39, 0.29) is 31.3 Å². The van der Waals surface area contributed by atoms with Crippen LogP contribution in [0.2, 0.25) is 0 Å². The zero-order valence-electron chi connectivity index (χ0n) is 20.7. The molecule has 1 saturated carbocycles. The van der Waals surface area contributed by atoms with Gasteiger partial charge in [-0.3, -0.25) is 9.59 Å². The highest BCUT2D eigenvalue weighted by Crippen LogP contribution is 2.41. The van der Waals surface area contributed by atoms with Crippen molar-refractivity contribution in [3.05, 3.63) is 59.4 Å². The summed E-state index contributed by atoms with van der Waals surface area (Å²) in [6, 6.07) is 13.2. The zero-order chi connectivity index (χ0) is 25.2. The van der Waals surface area contributed by atoms with Crippen molar-refractivity contribution in [1.82, 2.24) is 5.32 Å². The van der Waals surface area contributed by atoms with Crippen LogP contribution in [0.3, 0.4) is 0 Å². The third-order valence-electron chi connectivity index (χ3n) is 6.95. The molecule has 2 aromatic rings. The van der Waals surface area contributed by atoms with Gasteiger partial charge in [0.25, 0.3) is 5.91 Å². The maximum Gasteiger partial charge on any atom is 0.257 e. The van der Waals surface area contributed by atoms with Crippen LogP contribution in [0.25, 0.3) is 0 Å². The number of amides is 2. The number of carbonyl (C=O) groups is 2. The number of hydrogen-bond acceptors (Lipinski definition) is 4. The highest BCUT2D eigenvalue weighted by atomic mass is 19.1. The lowest BCUT2D eigenvalue weighted by molar-refractivity contribution is -0.123. The van der Waals surface area contributed by atoms with Crippen molar-refractivity contribution in [1.29, 1.82) is 0 Å². The van der Waals surface area contributed by atoms with E-state index in [2.05, 4.69) is 24.4 Å². The lowest BCUT2D eigenvalue weighted by Gasteiger charge is -2.16. The van der Waals surface area contributed by atoms with E-state index in [9.17, 15) is 14.0 Å². The Labute approximate surface area is 207 Å². The van der Waals surface area contributed by atoms with Crippen LogP contribution in [0.15, 0.2) is 42.5 Å². The molecule has 1 aliphatic rings. The number of halogens is 1. The molecule has 0 saturated heterocycles. The minimum absolute atomic E-state index is 0.0905. The molecule has 3 rings (SSSR count). The molecule has 7 heteroatoms. The van der Waals surface area contributed by atoms with Gasteiger partial charge in [-0.25, -0.2) is 4.39 Å². The number of hydrogen-bond donors (Lipinski definition) is 2. The van der Waals surface area contributed by atoms with Crippen molar-refractivity contribution in [3.63, 3.8) is 0 Å². The van der Waals surface area contributed by atoms with E-state index in [4.69, 9.17) is 15.2 Å². The van der Waals surface area contributed by atoms with Gasteiger partial charge >= 0.3 is 0 Å². The van der Waals surface area contributed by atoms with Gasteiger partial charge in [0.2, 0.25) is 5.91 Å². The second kappa shape index (κ2) is 13.1. The Bertz CT molecular complexity index is 979. The average molecular weight is 485 g/mol. The fraction of sp³-hybridized carbons (Fsp3) is 0.500. The average Bonchev–Trinajstić information content (AvgIpc) is 3.32. The molecule has 1 unspecified atom stereocenters. The second-order valence-electron chi connectivity index (χ2n) is 9.53. The molecule has 6 nitrogen and oxygen atoms in total. The first-order chi connectivity index (χ1) is 16.9. The minimum Gasteiger partial charge on any atom is -0.494 e. The molecule has 0 aromatic heterocycles. The van der Waals surface area contributed by atoms with Gasteiger partial charge in [-0.05, 0) is 78.8 Å². The van der Waals surface area contributed by atoms with Gasteiger partial charge in [-0.1, -0.05) is 38.0 Å². The van der Waals surface area contributed by atoms with E-state index in [0.717, 1.165) is 24.3 Å². The van der Waals surface area contributed by atoms with Crippen LogP contribution in [0.1, 0.15) is 74.8 Å². The largest absolute Gasteiger partial charge is 0.494 e. The third kappa shape index (κ3) is 8.26. The van der Waals surface area contributed by atoms with Crippen LogP contribution in [0.4, 0.5) is 4.39 Å². The highest BCUT2D eigenvalue weighted by molar-refractivity contribution is 5.79. The van der Waals surface area contributed by atoms with Crippen LogP contribution in [0.5, 0.6) is 11.5 Å². The van der Waals surface area contributed by atoms with Crippen molar-refractivity contribution in [2.24, 2.45) is 11.7 Å². The lowest BCUT2D eigenvalue weighted by Crippen LogP contribution is -2.31. The van der Waals surface area contributed by atoms with E-state index in [1.165, 1.54) is 44.4 Å². The summed E-state index contributed by atoms with van der Waals surface area (Å²) in [4.78, 5) is 22.5. The summed E-state index contributed by atoms with van der Waals surface area (Å²) in [5.41, 5.74) is 7.49. The number of nitrogens with two attached hydrogens (primary N) is 1. The molecule has 35 heavy (non-hydrogen) atoms. The number of rotatable bonds is 13. The Morgan fingerprint density at radius 3 is 2.66 bits per heavy atom. The van der Waals surface area contributed by atoms with Gasteiger partial charge in [0.15, 0.2) is 18.2 Å². The van der Waals surface area contributed by atoms with E-state index in [1.807, 2.05) is 24.3 Å². The molecule has 0 heterocycles. The van der Waals surface area contributed by atoms with Crippen molar-refractivity contribution in [3.8, 4) is 11.5 Å². The number of carbonyl (C=O) groups excluding carboxylic acids is 2. The SMILES string of the molecule is COc1cc([C@@H](C)CCCC2CC[C@@H](c3ccc(OCC(=O)NCCC(N)=O)cc3)C2)ccc1F. The summed E-state index contributed by atoms with van der Waals surface area (Å²) >= 11 is 0. The number of primary amides is 1. The van der Waals surface area contributed by atoms with Crippen molar-refractivity contribution in [2.75, 3.05) is 20.3 Å². The van der Waals surface area contributed by atoms with Gasteiger partial charge in [-0.15, -0.1) is 0 Å². The van der Waals surface area contributed by atoms with E-state index in [0.29, 0.717) is 23.3 Å². The molecule has 0 spiro atoms. The van der Waals surface area contributed by atoms with Crippen LogP contribution in [0, 0.1) is 11.7 Å². The molecular formula is C28H37FN2O4. The molecule has 2 amide bonds. The predicted octanol–water partition coefficient (Wildman–Crippen LogP) is 5.06. The van der Waals surface area contributed by atoms with Gasteiger partial charge in [0, 0.05) is 13.0 Å². The third-order valence-corrected chi connectivity index (χ3v) is 6.95. The molecule has 1 fully saturated rings. The summed E-state index contributed by atoms with van der Waals surface area (Å²) in [6.45, 7) is 2.32. The quantitative estimate of drug-likeness (QED) is 0.416. The maximum atomic E-state index is 13.7. The normalized spacial score (nSPS) is 18.1. The fourth-order valence-electron chi connectivity index (χ4n) is 4.86. The van der Waals surface area contributed by atoms with Crippen molar-refractivity contribution >= 4 is 11.8 Å². The van der Waals surface area contributed by atoms with Gasteiger partial charge in [-0.2, -0.15) is 0 Å². The van der Waals surface area contributed by atoms with Crippen LogP contribution >= 0.6 is 0 Å². The topological polar surface area (TPSA) is 90.7 Å². The lowest BCUT2D eigenvalue weighted by atomic mass is 9.91. The van der Waals surface area contributed by atoms with Crippen LogP contribution in [-0.2, 0) is 9.59 Å². The van der Waals surface area contributed by atoms with Gasteiger partial charge in [0.05, 0.1) is 7.11 Å². The molecule has 0 aliphatic heterocycles. The summed E-state index contributed by atoms with van der Waals surface area (Å²) in [7, 11) is 1.50. The summed E-state index contributed by atoms with van der Waals surface area (Å²) in [6.07, 6.45) is 7.20. The minimum atomic E-state index is -0.448. The number of benzene rings is 2. The number of nitrogens with one attached hydrogen (secondary N) is 1. The van der Waals surface area contributed by atoms with E-state index < -0.39 is 5.91 Å². The second-order valence-corrected chi connectivity index (χ2v) is 9.53. The summed E-state index contributed by atoms with van der Waals surface area (Å²) < 4.78 is 24.3. The Hall–Kier alpha value is -3.09. The number of methoxy groups -OCH3 is 1. The van der Waals surface area contributed by atoms with E-state index in [1.54, 1.807) is 0 Å². The Kier molecular flexibility index (Phi) is 9.94. The first-order valence-corrected chi connectivity index (χ1v) is 12.5. The van der Waals surface area contributed by atoms with Crippen molar-refractivity contribution < 1.29 is 23.5 Å². The van der Waals surface area contributed by atoms with Crippen LogP contribution < -0.4 is 20.5 Å². The smallest absolute Gasteiger partial charge is 0.257 e. The zero-order valence-corrected chi connectivity index (χ0v) is 20.7. The molecule has 190 valence electrons. The first kappa shape index (κ1) is 26.5. The Morgan fingerprint density at radius 2 is 1.94 bits per heavy atom. The standard InChI is InChI=1S/C28H37FN2O4/c1-19(22-10-13-25(29)26(17-22)34-2)4-3-5-20-6-7-23(16-20)21-8-11-24(12-9-21)35-18-28(33)31-15-14-27(30)32/h8-13,17,19-20,23H,3-7,14-16,18H2,1-2H3,(H2,30,32)(H,31,33)/t19-,20?,23+/m0/s1. The molecule has 0 radical (unpaired) electrons. The summed E-state index contributed by atoms with van der Waals surface area (Å²) in [5, 5.41) is 2.60. The number of ether oxygens (including phenoxy) is 2. The molecule has 0 bridgehead atoms. The Balaban J connectivity index is 1.37. The first-order valence-electron chi connectivity index (χ1n) is 12.5. The van der Waals surface area contributed by atoms with E-state index >= 15 is 0 Å². The molecule has 3 atom stereocenters. The Morgan fingerprint density at radius 1 is 1.17 bits per heavy atom. The predicted molar refractivity (Wildman–Crippen MR) is 134 cm³/mol.